The van der Waals surface area contributed by atoms with E-state index in [1.54, 1.807) is 12.1 Å². The normalized spacial score (nSPS) is 9.48. The maximum Gasteiger partial charge on any atom is 0.174 e. The molecule has 0 heterocycles. The maximum atomic E-state index is 9.09. The first-order valence-corrected chi connectivity index (χ1v) is 7.04. The van der Waals surface area contributed by atoms with E-state index in [1.165, 1.54) is 0 Å². The summed E-state index contributed by atoms with van der Waals surface area (Å²) in [5.41, 5.74) is 2.37. The predicted molar refractivity (Wildman–Crippen MR) is 83.7 cm³/mol. The third-order valence-corrected chi connectivity index (χ3v) is 3.28. The third kappa shape index (κ3) is 4.24. The molecular formula is C16H12BrN3O. The summed E-state index contributed by atoms with van der Waals surface area (Å²) in [5.74, 6) is 0.658. The molecule has 21 heavy (non-hydrogen) atoms. The van der Waals surface area contributed by atoms with E-state index in [1.807, 2.05) is 36.4 Å². The van der Waals surface area contributed by atoms with E-state index in [-0.39, 0.29) is 6.61 Å². The quantitative estimate of drug-likeness (QED) is 0.896. The van der Waals surface area contributed by atoms with Crippen LogP contribution < -0.4 is 10.1 Å². The topological polar surface area (TPSA) is 68.8 Å². The molecular weight excluding hydrogens is 330 g/mol. The minimum absolute atomic E-state index is 0.0289. The molecule has 0 saturated carbocycles. The highest BCUT2D eigenvalue weighted by Crippen LogP contribution is 2.22. The number of hydrogen-bond acceptors (Lipinski definition) is 4. The van der Waals surface area contributed by atoms with Crippen molar-refractivity contribution < 1.29 is 4.74 Å². The summed E-state index contributed by atoms with van der Waals surface area (Å²) in [7, 11) is 0. The van der Waals surface area contributed by atoms with Gasteiger partial charge in [0.15, 0.2) is 6.61 Å². The summed E-state index contributed by atoms with van der Waals surface area (Å²) in [6.07, 6.45) is 0. The van der Waals surface area contributed by atoms with Crippen molar-refractivity contribution in [3.8, 4) is 17.9 Å². The Morgan fingerprint density at radius 1 is 1.14 bits per heavy atom. The molecule has 5 heteroatoms. The van der Waals surface area contributed by atoms with Crippen molar-refractivity contribution in [1.82, 2.24) is 0 Å². The number of rotatable bonds is 5. The summed E-state index contributed by atoms with van der Waals surface area (Å²) < 4.78 is 6.18. The molecule has 0 radical (unpaired) electrons. The van der Waals surface area contributed by atoms with Crippen molar-refractivity contribution in [1.29, 1.82) is 10.5 Å². The van der Waals surface area contributed by atoms with Gasteiger partial charge >= 0.3 is 0 Å². The van der Waals surface area contributed by atoms with Gasteiger partial charge in [-0.25, -0.2) is 0 Å². The molecule has 2 rings (SSSR count). The zero-order chi connectivity index (χ0) is 15.1. The van der Waals surface area contributed by atoms with Crippen molar-refractivity contribution >= 4 is 21.6 Å². The minimum atomic E-state index is 0.0289. The van der Waals surface area contributed by atoms with E-state index in [0.717, 1.165) is 15.7 Å². The molecule has 0 saturated heterocycles. The summed E-state index contributed by atoms with van der Waals surface area (Å²) in [6.45, 7) is 0.593. The Morgan fingerprint density at radius 2 is 2.00 bits per heavy atom. The summed E-state index contributed by atoms with van der Waals surface area (Å²) in [5, 5.41) is 20.8. The van der Waals surface area contributed by atoms with Gasteiger partial charge in [-0.1, -0.05) is 28.1 Å². The van der Waals surface area contributed by atoms with Crippen LogP contribution in [0.1, 0.15) is 11.1 Å². The lowest BCUT2D eigenvalue weighted by Crippen LogP contribution is -2.02. The molecule has 2 aromatic carbocycles. The maximum absolute atomic E-state index is 9.09. The van der Waals surface area contributed by atoms with Crippen molar-refractivity contribution in [2.75, 3.05) is 11.9 Å². The number of anilines is 1. The number of benzene rings is 2. The molecule has 4 nitrogen and oxygen atoms in total. The Bertz CT molecular complexity index is 716. The van der Waals surface area contributed by atoms with Gasteiger partial charge in [-0.05, 0) is 35.9 Å². The van der Waals surface area contributed by atoms with E-state index in [4.69, 9.17) is 15.3 Å². The molecule has 0 aromatic heterocycles. The first kappa shape index (κ1) is 14.9. The van der Waals surface area contributed by atoms with Crippen LogP contribution in [0, 0.1) is 22.7 Å². The standard InChI is InChI=1S/C16H12BrN3O/c17-14-5-4-13(10-19)16(9-14)20-11-12-2-1-3-15(8-12)21-7-6-18/h1-5,8-9,20H,7,11H2. The zero-order valence-corrected chi connectivity index (χ0v) is 12.7. The molecule has 0 fully saturated rings. The molecule has 0 amide bonds. The predicted octanol–water partition coefficient (Wildman–Crippen LogP) is 3.84. The first-order valence-electron chi connectivity index (χ1n) is 6.25. The molecule has 0 aliphatic heterocycles. The zero-order valence-electron chi connectivity index (χ0n) is 11.1. The van der Waals surface area contributed by atoms with Crippen molar-refractivity contribution in [3.05, 3.63) is 58.1 Å². The van der Waals surface area contributed by atoms with Crippen LogP contribution in [0.2, 0.25) is 0 Å². The summed E-state index contributed by atoms with van der Waals surface area (Å²) in [6, 6.07) is 17.1. The number of ether oxygens (including phenoxy) is 1. The van der Waals surface area contributed by atoms with Crippen LogP contribution in [0.15, 0.2) is 46.9 Å². The monoisotopic (exact) mass is 341 g/mol. The van der Waals surface area contributed by atoms with Crippen LogP contribution in [0.5, 0.6) is 5.75 Å². The second kappa shape index (κ2) is 7.33. The molecule has 0 spiro atoms. The Labute approximate surface area is 131 Å². The average molecular weight is 342 g/mol. The van der Waals surface area contributed by atoms with Crippen LogP contribution >= 0.6 is 15.9 Å². The summed E-state index contributed by atoms with van der Waals surface area (Å²) >= 11 is 3.39. The fraction of sp³-hybridized carbons (Fsp3) is 0.125. The lowest BCUT2D eigenvalue weighted by atomic mass is 10.1. The van der Waals surface area contributed by atoms with Crippen molar-refractivity contribution in [2.24, 2.45) is 0 Å². The number of nitrogens with one attached hydrogen (secondary N) is 1. The molecule has 1 N–H and O–H groups in total. The van der Waals surface area contributed by atoms with E-state index < -0.39 is 0 Å². The minimum Gasteiger partial charge on any atom is -0.479 e. The average Bonchev–Trinajstić information content (AvgIpc) is 2.51. The van der Waals surface area contributed by atoms with Gasteiger partial charge in [0, 0.05) is 11.0 Å². The van der Waals surface area contributed by atoms with Crippen molar-refractivity contribution in [2.45, 2.75) is 6.54 Å². The molecule has 2 aromatic rings. The Morgan fingerprint density at radius 3 is 2.76 bits per heavy atom. The lowest BCUT2D eigenvalue weighted by Gasteiger charge is -2.10. The molecule has 0 unspecified atom stereocenters. The van der Waals surface area contributed by atoms with Gasteiger partial charge in [0.1, 0.15) is 17.9 Å². The number of nitrogens with zero attached hydrogens (tertiary/aromatic N) is 2. The number of halogens is 1. The van der Waals surface area contributed by atoms with Gasteiger partial charge in [0.2, 0.25) is 0 Å². The molecule has 0 aliphatic rings. The van der Waals surface area contributed by atoms with E-state index >= 15 is 0 Å². The number of hydrogen-bond donors (Lipinski definition) is 1. The van der Waals surface area contributed by atoms with E-state index in [2.05, 4.69) is 27.3 Å². The lowest BCUT2D eigenvalue weighted by molar-refractivity contribution is 0.368. The van der Waals surface area contributed by atoms with E-state index in [9.17, 15) is 0 Å². The van der Waals surface area contributed by atoms with Gasteiger partial charge in [0.05, 0.1) is 11.3 Å². The highest BCUT2D eigenvalue weighted by molar-refractivity contribution is 9.10. The van der Waals surface area contributed by atoms with Crippen LogP contribution in [0.4, 0.5) is 5.69 Å². The van der Waals surface area contributed by atoms with Crippen LogP contribution in [-0.4, -0.2) is 6.61 Å². The third-order valence-electron chi connectivity index (χ3n) is 2.79. The van der Waals surface area contributed by atoms with Gasteiger partial charge in [0.25, 0.3) is 0 Å². The molecule has 0 atom stereocenters. The van der Waals surface area contributed by atoms with Gasteiger partial charge in [-0.2, -0.15) is 10.5 Å². The Kier molecular flexibility index (Phi) is 5.20. The fourth-order valence-corrected chi connectivity index (χ4v) is 2.18. The molecule has 0 aliphatic carbocycles. The van der Waals surface area contributed by atoms with Crippen LogP contribution in [-0.2, 0) is 6.54 Å². The second-order valence-electron chi connectivity index (χ2n) is 4.25. The van der Waals surface area contributed by atoms with Gasteiger partial charge in [-0.3, -0.25) is 0 Å². The Balaban J connectivity index is 2.08. The SMILES string of the molecule is N#CCOc1cccc(CNc2cc(Br)ccc2C#N)c1. The molecule has 0 bridgehead atoms. The van der Waals surface area contributed by atoms with Crippen LogP contribution in [0.25, 0.3) is 0 Å². The highest BCUT2D eigenvalue weighted by atomic mass is 79.9. The second-order valence-corrected chi connectivity index (χ2v) is 5.17. The van der Waals surface area contributed by atoms with Crippen molar-refractivity contribution in [3.63, 3.8) is 0 Å². The summed E-state index contributed by atoms with van der Waals surface area (Å²) in [4.78, 5) is 0. The van der Waals surface area contributed by atoms with E-state index in [0.29, 0.717) is 17.9 Å². The largest absolute Gasteiger partial charge is 0.479 e. The van der Waals surface area contributed by atoms with Gasteiger partial charge < -0.3 is 10.1 Å². The Hall–Kier alpha value is -2.50. The molecule has 104 valence electrons. The highest BCUT2D eigenvalue weighted by Gasteiger charge is 2.03. The smallest absolute Gasteiger partial charge is 0.174 e. The fourth-order valence-electron chi connectivity index (χ4n) is 1.82. The number of nitriles is 2. The van der Waals surface area contributed by atoms with Gasteiger partial charge in [-0.15, -0.1) is 0 Å². The van der Waals surface area contributed by atoms with Crippen LogP contribution in [0.3, 0.4) is 0 Å². The first-order chi connectivity index (χ1) is 10.2.